The van der Waals surface area contributed by atoms with Gasteiger partial charge in [-0.3, -0.25) is 4.40 Å². The van der Waals surface area contributed by atoms with Crippen molar-refractivity contribution >= 4 is 17.4 Å². The van der Waals surface area contributed by atoms with Gasteiger partial charge in [0, 0.05) is 34.7 Å². The maximum absolute atomic E-state index is 12.9. The highest BCUT2D eigenvalue weighted by molar-refractivity contribution is 6.30. The number of hydrogen-bond acceptors (Lipinski definition) is 4. The van der Waals surface area contributed by atoms with E-state index in [1.165, 1.54) is 12.1 Å². The summed E-state index contributed by atoms with van der Waals surface area (Å²) in [5.74, 6) is 1.51. The highest BCUT2D eigenvalue weighted by atomic mass is 35.5. The summed E-state index contributed by atoms with van der Waals surface area (Å²) in [5, 5.41) is 0.604. The molecule has 4 aromatic rings. The normalized spacial score (nSPS) is 10.9. The molecule has 2 heterocycles. The van der Waals surface area contributed by atoms with E-state index in [2.05, 4.69) is 9.97 Å². The van der Waals surface area contributed by atoms with Gasteiger partial charge in [-0.15, -0.1) is 0 Å². The average Bonchev–Trinajstić information content (AvgIpc) is 3.09. The van der Waals surface area contributed by atoms with Crippen molar-refractivity contribution in [2.45, 2.75) is 6.61 Å². The predicted molar refractivity (Wildman–Crippen MR) is 101 cm³/mol. The predicted octanol–water partition coefficient (Wildman–Crippen LogP) is 4.78. The van der Waals surface area contributed by atoms with E-state index in [1.54, 1.807) is 37.6 Å². The molecule has 0 atom stereocenters. The minimum atomic E-state index is -0.301. The zero-order valence-corrected chi connectivity index (χ0v) is 15.2. The SMILES string of the molecule is COc1cc(Cl)ccc1-c1cnc2nc(COc3ccc(F)cc3)cn2c1. The highest BCUT2D eigenvalue weighted by Gasteiger charge is 2.10. The monoisotopic (exact) mass is 383 g/mol. The van der Waals surface area contributed by atoms with Crippen molar-refractivity contribution < 1.29 is 13.9 Å². The van der Waals surface area contributed by atoms with E-state index in [-0.39, 0.29) is 12.4 Å². The molecule has 5 nitrogen and oxygen atoms in total. The number of imidazole rings is 1. The van der Waals surface area contributed by atoms with Crippen LogP contribution in [-0.2, 0) is 6.61 Å². The number of nitrogens with zero attached hydrogens (tertiary/aromatic N) is 3. The van der Waals surface area contributed by atoms with E-state index in [4.69, 9.17) is 21.1 Å². The van der Waals surface area contributed by atoms with Gasteiger partial charge in [-0.1, -0.05) is 11.6 Å². The largest absolute Gasteiger partial charge is 0.496 e. The number of ether oxygens (including phenoxy) is 2. The van der Waals surface area contributed by atoms with Crippen LogP contribution in [0.15, 0.2) is 61.1 Å². The van der Waals surface area contributed by atoms with E-state index in [1.807, 2.05) is 22.9 Å². The van der Waals surface area contributed by atoms with Crippen LogP contribution in [-0.4, -0.2) is 21.5 Å². The molecule has 0 unspecified atom stereocenters. The number of rotatable bonds is 5. The quantitative estimate of drug-likeness (QED) is 0.497. The van der Waals surface area contributed by atoms with Gasteiger partial charge in [0.15, 0.2) is 0 Å². The summed E-state index contributed by atoms with van der Waals surface area (Å²) in [6.45, 7) is 0.259. The third kappa shape index (κ3) is 3.71. The second kappa shape index (κ2) is 7.25. The summed E-state index contributed by atoms with van der Waals surface area (Å²) in [4.78, 5) is 8.84. The summed E-state index contributed by atoms with van der Waals surface area (Å²) in [7, 11) is 1.60. The molecular weight excluding hydrogens is 369 g/mol. The van der Waals surface area contributed by atoms with Crippen LogP contribution in [0.1, 0.15) is 5.69 Å². The van der Waals surface area contributed by atoms with Gasteiger partial charge in [0.2, 0.25) is 5.78 Å². The van der Waals surface area contributed by atoms with Crippen LogP contribution in [0.5, 0.6) is 11.5 Å². The fraction of sp³-hybridized carbons (Fsp3) is 0.100. The van der Waals surface area contributed by atoms with E-state index in [0.29, 0.717) is 28.0 Å². The number of aromatic nitrogens is 3. The molecule has 0 fully saturated rings. The number of fused-ring (bicyclic) bond motifs is 1. The Labute approximate surface area is 160 Å². The molecule has 0 aliphatic rings. The van der Waals surface area contributed by atoms with Gasteiger partial charge >= 0.3 is 0 Å². The number of halogens is 2. The van der Waals surface area contributed by atoms with Gasteiger partial charge in [-0.05, 0) is 42.5 Å². The summed E-state index contributed by atoms with van der Waals surface area (Å²) in [6, 6.07) is 11.3. The van der Waals surface area contributed by atoms with E-state index >= 15 is 0 Å². The first-order valence-electron chi connectivity index (χ1n) is 8.18. The van der Waals surface area contributed by atoms with Crippen molar-refractivity contribution in [3.05, 3.63) is 77.6 Å². The van der Waals surface area contributed by atoms with E-state index < -0.39 is 0 Å². The van der Waals surface area contributed by atoms with Crippen molar-refractivity contribution in [2.75, 3.05) is 7.11 Å². The third-order valence-electron chi connectivity index (χ3n) is 4.03. The van der Waals surface area contributed by atoms with Crippen LogP contribution < -0.4 is 9.47 Å². The fourth-order valence-electron chi connectivity index (χ4n) is 2.73. The molecule has 0 saturated carbocycles. The molecular formula is C20H15ClFN3O2. The first kappa shape index (κ1) is 17.3. The summed E-state index contributed by atoms with van der Waals surface area (Å²) >= 11 is 6.03. The lowest BCUT2D eigenvalue weighted by molar-refractivity contribution is 0.301. The number of methoxy groups -OCH3 is 1. The number of benzene rings is 2. The average molecular weight is 384 g/mol. The first-order valence-corrected chi connectivity index (χ1v) is 8.56. The van der Waals surface area contributed by atoms with Gasteiger partial charge < -0.3 is 9.47 Å². The Morgan fingerprint density at radius 2 is 1.93 bits per heavy atom. The Balaban J connectivity index is 1.59. The maximum Gasteiger partial charge on any atom is 0.234 e. The Morgan fingerprint density at radius 3 is 2.70 bits per heavy atom. The topological polar surface area (TPSA) is 48.7 Å². The molecule has 0 radical (unpaired) electrons. The molecule has 2 aromatic heterocycles. The van der Waals surface area contributed by atoms with Crippen molar-refractivity contribution in [1.29, 1.82) is 0 Å². The Bertz CT molecular complexity index is 1100. The zero-order chi connectivity index (χ0) is 18.8. The molecule has 0 bridgehead atoms. The Kier molecular flexibility index (Phi) is 4.64. The first-order chi connectivity index (χ1) is 13.1. The van der Waals surface area contributed by atoms with Crippen LogP contribution in [0.2, 0.25) is 5.02 Å². The molecule has 27 heavy (non-hydrogen) atoms. The van der Waals surface area contributed by atoms with Crippen LogP contribution in [0.4, 0.5) is 4.39 Å². The molecule has 2 aromatic carbocycles. The van der Waals surface area contributed by atoms with Crippen LogP contribution in [0, 0.1) is 5.82 Å². The zero-order valence-electron chi connectivity index (χ0n) is 14.4. The minimum absolute atomic E-state index is 0.259. The molecule has 0 saturated heterocycles. The molecule has 0 amide bonds. The van der Waals surface area contributed by atoms with Crippen LogP contribution in [0.25, 0.3) is 16.9 Å². The molecule has 0 spiro atoms. The van der Waals surface area contributed by atoms with E-state index in [9.17, 15) is 4.39 Å². The molecule has 4 rings (SSSR count). The standard InChI is InChI=1S/C20H15ClFN3O2/c1-26-19-8-14(21)2-7-18(19)13-9-23-20-24-16(11-25(20)10-13)12-27-17-5-3-15(22)4-6-17/h2-11H,12H2,1H3. The lowest BCUT2D eigenvalue weighted by atomic mass is 10.1. The second-order valence-corrected chi connectivity index (χ2v) is 6.31. The summed E-state index contributed by atoms with van der Waals surface area (Å²) in [6.07, 6.45) is 5.50. The summed E-state index contributed by atoms with van der Waals surface area (Å²) in [5.41, 5.74) is 2.47. The molecule has 7 heteroatoms. The molecule has 0 aliphatic carbocycles. The van der Waals surface area contributed by atoms with Crippen molar-refractivity contribution in [1.82, 2.24) is 14.4 Å². The fourth-order valence-corrected chi connectivity index (χ4v) is 2.90. The van der Waals surface area contributed by atoms with Gasteiger partial charge in [0.1, 0.15) is 23.9 Å². The smallest absolute Gasteiger partial charge is 0.234 e. The van der Waals surface area contributed by atoms with Crippen LogP contribution >= 0.6 is 11.6 Å². The maximum atomic E-state index is 12.9. The van der Waals surface area contributed by atoms with Gasteiger partial charge in [-0.25, -0.2) is 14.4 Å². The lowest BCUT2D eigenvalue weighted by Crippen LogP contribution is -1.95. The van der Waals surface area contributed by atoms with Crippen molar-refractivity contribution in [3.8, 4) is 22.6 Å². The Hall–Kier alpha value is -3.12. The summed E-state index contributed by atoms with van der Waals surface area (Å²) < 4.78 is 25.8. The minimum Gasteiger partial charge on any atom is -0.496 e. The van der Waals surface area contributed by atoms with E-state index in [0.717, 1.165) is 11.1 Å². The molecule has 136 valence electrons. The third-order valence-corrected chi connectivity index (χ3v) is 4.27. The van der Waals surface area contributed by atoms with Crippen molar-refractivity contribution in [3.63, 3.8) is 0 Å². The van der Waals surface area contributed by atoms with Gasteiger partial charge in [0.25, 0.3) is 0 Å². The molecule has 0 aliphatic heterocycles. The Morgan fingerprint density at radius 1 is 1.11 bits per heavy atom. The number of hydrogen-bond donors (Lipinski definition) is 0. The van der Waals surface area contributed by atoms with Crippen LogP contribution in [0.3, 0.4) is 0 Å². The lowest BCUT2D eigenvalue weighted by Gasteiger charge is -2.09. The van der Waals surface area contributed by atoms with Gasteiger partial charge in [0.05, 0.1) is 12.8 Å². The van der Waals surface area contributed by atoms with Gasteiger partial charge in [-0.2, -0.15) is 0 Å². The second-order valence-electron chi connectivity index (χ2n) is 5.87. The van der Waals surface area contributed by atoms with Crippen molar-refractivity contribution in [2.24, 2.45) is 0 Å². The highest BCUT2D eigenvalue weighted by Crippen LogP contribution is 2.32. The molecule has 0 N–H and O–H groups in total.